The van der Waals surface area contributed by atoms with Crippen molar-refractivity contribution in [1.82, 2.24) is 4.98 Å². The SMILES string of the molecule is C[C@@H]1Cc2cc3cnc(C4CC4)cc3c(S(=O)[O-])c2C1. The van der Waals surface area contributed by atoms with Crippen molar-refractivity contribution in [3.8, 4) is 0 Å². The molecule has 2 aliphatic carbocycles. The highest BCUT2D eigenvalue weighted by Gasteiger charge is 2.27. The Morgan fingerprint density at radius 3 is 2.80 bits per heavy atom. The minimum atomic E-state index is -2.18. The minimum Gasteiger partial charge on any atom is -0.768 e. The van der Waals surface area contributed by atoms with Crippen molar-refractivity contribution in [2.75, 3.05) is 0 Å². The number of rotatable bonds is 2. The van der Waals surface area contributed by atoms with Crippen molar-refractivity contribution in [2.24, 2.45) is 5.92 Å². The maximum Gasteiger partial charge on any atom is 0.0441 e. The number of benzene rings is 1. The number of hydrogen-bond acceptors (Lipinski definition) is 3. The summed E-state index contributed by atoms with van der Waals surface area (Å²) >= 11 is -2.18. The van der Waals surface area contributed by atoms with Crippen LogP contribution in [0.5, 0.6) is 0 Å². The molecule has 1 heterocycles. The average Bonchev–Trinajstić information content (AvgIpc) is 3.17. The fraction of sp³-hybridized carbons (Fsp3) is 0.438. The van der Waals surface area contributed by atoms with E-state index in [1.165, 1.54) is 18.4 Å². The second-order valence-electron chi connectivity index (χ2n) is 6.20. The van der Waals surface area contributed by atoms with Crippen LogP contribution in [0.2, 0.25) is 0 Å². The zero-order valence-corrected chi connectivity index (χ0v) is 12.2. The minimum absolute atomic E-state index is 0.520. The second-order valence-corrected chi connectivity index (χ2v) is 7.07. The maximum absolute atomic E-state index is 11.8. The van der Waals surface area contributed by atoms with Gasteiger partial charge in [0.15, 0.2) is 0 Å². The van der Waals surface area contributed by atoms with Gasteiger partial charge in [0.2, 0.25) is 0 Å². The molecule has 0 spiro atoms. The van der Waals surface area contributed by atoms with Crippen LogP contribution in [-0.4, -0.2) is 13.7 Å². The summed E-state index contributed by atoms with van der Waals surface area (Å²) in [4.78, 5) is 5.03. The first kappa shape index (κ1) is 12.5. The number of fused-ring (bicyclic) bond motifs is 2. The van der Waals surface area contributed by atoms with Gasteiger partial charge in [-0.05, 0) is 65.9 Å². The highest BCUT2D eigenvalue weighted by Crippen LogP contribution is 2.41. The van der Waals surface area contributed by atoms with Crippen LogP contribution in [0.4, 0.5) is 0 Å². The summed E-state index contributed by atoms with van der Waals surface area (Å²) < 4.78 is 23.5. The molecular weight excluding hydrogens is 270 g/mol. The molecule has 2 aromatic rings. The quantitative estimate of drug-likeness (QED) is 0.797. The van der Waals surface area contributed by atoms with Gasteiger partial charge in [0.1, 0.15) is 0 Å². The van der Waals surface area contributed by atoms with Crippen LogP contribution in [-0.2, 0) is 23.9 Å². The highest BCUT2D eigenvalue weighted by molar-refractivity contribution is 7.79. The Kier molecular flexibility index (Phi) is 2.72. The summed E-state index contributed by atoms with van der Waals surface area (Å²) in [5, 5.41) is 1.82. The number of pyridine rings is 1. The van der Waals surface area contributed by atoms with Gasteiger partial charge in [-0.3, -0.25) is 9.19 Å². The summed E-state index contributed by atoms with van der Waals surface area (Å²) in [6.07, 6.45) is 6.05. The molecule has 1 unspecified atom stereocenters. The molecule has 0 saturated heterocycles. The Bertz CT molecular complexity index is 737. The van der Waals surface area contributed by atoms with Gasteiger partial charge >= 0.3 is 0 Å². The van der Waals surface area contributed by atoms with Gasteiger partial charge in [0, 0.05) is 33.5 Å². The third-order valence-electron chi connectivity index (χ3n) is 4.48. The van der Waals surface area contributed by atoms with Gasteiger partial charge in [-0.15, -0.1) is 0 Å². The van der Waals surface area contributed by atoms with Crippen molar-refractivity contribution in [2.45, 2.75) is 43.4 Å². The Morgan fingerprint density at radius 2 is 2.10 bits per heavy atom. The van der Waals surface area contributed by atoms with E-state index in [0.29, 0.717) is 16.7 Å². The normalized spacial score (nSPS) is 23.0. The van der Waals surface area contributed by atoms with E-state index in [9.17, 15) is 8.76 Å². The standard InChI is InChI=1S/C16H17NO2S/c1-9-4-11-6-12-8-17-15(10-2-3-10)7-14(12)16(20(18)19)13(11)5-9/h6-10H,2-5H2,1H3,(H,18,19)/p-1/t9-/m1/s1. The largest absolute Gasteiger partial charge is 0.768 e. The van der Waals surface area contributed by atoms with Gasteiger partial charge in [0.05, 0.1) is 0 Å². The van der Waals surface area contributed by atoms with E-state index in [1.807, 2.05) is 12.3 Å². The smallest absolute Gasteiger partial charge is 0.0441 e. The van der Waals surface area contributed by atoms with E-state index < -0.39 is 11.1 Å². The molecule has 4 rings (SSSR count). The molecule has 20 heavy (non-hydrogen) atoms. The first-order chi connectivity index (χ1) is 9.63. The number of nitrogens with zero attached hydrogens (tertiary/aromatic N) is 1. The number of hydrogen-bond donors (Lipinski definition) is 0. The van der Waals surface area contributed by atoms with E-state index in [0.717, 1.165) is 34.9 Å². The lowest BCUT2D eigenvalue weighted by atomic mass is 10.0. The first-order valence-electron chi connectivity index (χ1n) is 7.17. The van der Waals surface area contributed by atoms with Crippen molar-refractivity contribution < 1.29 is 8.76 Å². The monoisotopic (exact) mass is 286 g/mol. The van der Waals surface area contributed by atoms with Crippen LogP contribution in [0.1, 0.15) is 42.5 Å². The molecule has 4 heteroatoms. The molecule has 1 fully saturated rings. The Balaban J connectivity index is 2.01. The molecule has 0 amide bonds. The van der Waals surface area contributed by atoms with Crippen molar-refractivity contribution >= 4 is 21.9 Å². The molecule has 1 aromatic carbocycles. The van der Waals surface area contributed by atoms with E-state index in [-0.39, 0.29) is 0 Å². The molecule has 0 radical (unpaired) electrons. The molecule has 0 N–H and O–H groups in total. The van der Waals surface area contributed by atoms with E-state index in [1.54, 1.807) is 0 Å². The van der Waals surface area contributed by atoms with E-state index in [4.69, 9.17) is 0 Å². The summed E-state index contributed by atoms with van der Waals surface area (Å²) in [5.41, 5.74) is 3.27. The second kappa shape index (κ2) is 4.37. The topological polar surface area (TPSA) is 53.0 Å². The van der Waals surface area contributed by atoms with Crippen LogP contribution >= 0.6 is 0 Å². The van der Waals surface area contributed by atoms with Gasteiger partial charge in [0.25, 0.3) is 0 Å². The maximum atomic E-state index is 11.8. The Morgan fingerprint density at radius 1 is 1.30 bits per heavy atom. The van der Waals surface area contributed by atoms with Crippen molar-refractivity contribution in [3.05, 3.63) is 35.2 Å². The third kappa shape index (κ3) is 1.90. The predicted octanol–water partition coefficient (Wildman–Crippen LogP) is 3.08. The fourth-order valence-electron chi connectivity index (χ4n) is 3.37. The summed E-state index contributed by atoms with van der Waals surface area (Å²) in [5.74, 6) is 1.07. The van der Waals surface area contributed by atoms with Crippen molar-refractivity contribution in [1.29, 1.82) is 0 Å². The summed E-state index contributed by atoms with van der Waals surface area (Å²) in [6, 6.07) is 4.13. The first-order valence-corrected chi connectivity index (χ1v) is 8.24. The third-order valence-corrected chi connectivity index (χ3v) is 5.27. The highest BCUT2D eigenvalue weighted by atomic mass is 32.2. The van der Waals surface area contributed by atoms with Crippen LogP contribution in [0, 0.1) is 5.92 Å². The van der Waals surface area contributed by atoms with Gasteiger partial charge in [-0.2, -0.15) is 0 Å². The number of aromatic nitrogens is 1. The predicted molar refractivity (Wildman–Crippen MR) is 77.5 cm³/mol. The lowest BCUT2D eigenvalue weighted by molar-refractivity contribution is 0.536. The fourth-order valence-corrected chi connectivity index (χ4v) is 4.14. The molecule has 1 aromatic heterocycles. The van der Waals surface area contributed by atoms with Crippen molar-refractivity contribution in [3.63, 3.8) is 0 Å². The molecule has 104 valence electrons. The Labute approximate surface area is 120 Å². The zero-order chi connectivity index (χ0) is 13.9. The molecule has 0 bridgehead atoms. The molecule has 0 aliphatic heterocycles. The molecule has 2 aliphatic rings. The lowest BCUT2D eigenvalue weighted by Crippen LogP contribution is -2.00. The van der Waals surface area contributed by atoms with Crippen LogP contribution in [0.3, 0.4) is 0 Å². The van der Waals surface area contributed by atoms with Crippen LogP contribution in [0.25, 0.3) is 10.8 Å². The summed E-state index contributed by atoms with van der Waals surface area (Å²) in [7, 11) is 0. The zero-order valence-electron chi connectivity index (χ0n) is 11.4. The van der Waals surface area contributed by atoms with Gasteiger partial charge < -0.3 is 4.55 Å². The van der Waals surface area contributed by atoms with Gasteiger partial charge in [-0.1, -0.05) is 6.92 Å². The van der Waals surface area contributed by atoms with E-state index >= 15 is 0 Å². The Hall–Kier alpha value is -1.26. The summed E-state index contributed by atoms with van der Waals surface area (Å²) in [6.45, 7) is 2.18. The lowest BCUT2D eigenvalue weighted by Gasteiger charge is -2.15. The average molecular weight is 286 g/mol. The molecular formula is C16H16NO2S-. The van der Waals surface area contributed by atoms with Crippen LogP contribution in [0.15, 0.2) is 23.2 Å². The molecule has 1 saturated carbocycles. The van der Waals surface area contributed by atoms with Gasteiger partial charge in [-0.25, -0.2) is 0 Å². The molecule has 2 atom stereocenters. The molecule has 3 nitrogen and oxygen atoms in total. The van der Waals surface area contributed by atoms with Crippen LogP contribution < -0.4 is 0 Å². The van der Waals surface area contributed by atoms with E-state index in [2.05, 4.69) is 18.0 Å².